The fourth-order valence-corrected chi connectivity index (χ4v) is 2.68. The van der Waals surface area contributed by atoms with Crippen LogP contribution in [0.15, 0.2) is 36.5 Å². The molecule has 1 atom stereocenters. The van der Waals surface area contributed by atoms with Crippen molar-refractivity contribution in [1.29, 1.82) is 0 Å². The van der Waals surface area contributed by atoms with Gasteiger partial charge in [0.05, 0.1) is 23.9 Å². The van der Waals surface area contributed by atoms with Gasteiger partial charge in [-0.2, -0.15) is 0 Å². The minimum atomic E-state index is 0.163. The molecule has 0 radical (unpaired) electrons. The number of fused-ring (bicyclic) bond motifs is 1. The molecule has 0 spiro atoms. The van der Waals surface area contributed by atoms with Gasteiger partial charge >= 0.3 is 0 Å². The van der Waals surface area contributed by atoms with Crippen LogP contribution in [0.25, 0.3) is 0 Å². The molecule has 0 saturated carbocycles. The Hall–Kier alpha value is -1.78. The van der Waals surface area contributed by atoms with Crippen molar-refractivity contribution in [3.8, 4) is 11.5 Å². The van der Waals surface area contributed by atoms with Gasteiger partial charge in [-0.25, -0.2) is 0 Å². The van der Waals surface area contributed by atoms with Crippen molar-refractivity contribution in [1.82, 2.24) is 10.3 Å². The number of nitrogens with zero attached hydrogens (tertiary/aromatic N) is 1. The smallest absolute Gasteiger partial charge is 0.179 e. The molecule has 22 heavy (non-hydrogen) atoms. The highest BCUT2D eigenvalue weighted by Crippen LogP contribution is 2.38. The third-order valence-corrected chi connectivity index (χ3v) is 3.89. The second kappa shape index (κ2) is 6.99. The molecule has 2 heterocycles. The Bertz CT molecular complexity index is 634. The molecular weight excluding hydrogens is 300 g/mol. The summed E-state index contributed by atoms with van der Waals surface area (Å²) in [6.07, 6.45) is 2.67. The van der Waals surface area contributed by atoms with Crippen molar-refractivity contribution < 1.29 is 9.47 Å². The summed E-state index contributed by atoms with van der Waals surface area (Å²) in [4.78, 5) is 4.36. The second-order valence-electron chi connectivity index (χ2n) is 5.31. The lowest BCUT2D eigenvalue weighted by Crippen LogP contribution is -2.19. The average molecular weight is 319 g/mol. The maximum Gasteiger partial charge on any atom is 0.179 e. The summed E-state index contributed by atoms with van der Waals surface area (Å²) in [5, 5.41) is 4.05. The number of nitrogens with one attached hydrogen (secondary N) is 1. The normalized spacial score (nSPS) is 15.2. The highest BCUT2D eigenvalue weighted by molar-refractivity contribution is 6.32. The zero-order chi connectivity index (χ0) is 15.4. The lowest BCUT2D eigenvalue weighted by molar-refractivity contribution is 0.297. The molecule has 1 aromatic heterocycles. The maximum atomic E-state index is 6.31. The molecule has 5 heteroatoms. The number of rotatable bonds is 4. The number of hydrogen-bond acceptors (Lipinski definition) is 4. The molecule has 1 N–H and O–H groups in total. The summed E-state index contributed by atoms with van der Waals surface area (Å²) in [5.74, 6) is 1.38. The summed E-state index contributed by atoms with van der Waals surface area (Å²) in [7, 11) is 0. The van der Waals surface area contributed by atoms with Gasteiger partial charge in [0.15, 0.2) is 11.5 Å². The largest absolute Gasteiger partial charge is 0.489 e. The van der Waals surface area contributed by atoms with E-state index in [0.717, 1.165) is 23.4 Å². The molecule has 0 aliphatic carbocycles. The van der Waals surface area contributed by atoms with Gasteiger partial charge in [0.25, 0.3) is 0 Å². The fourth-order valence-electron chi connectivity index (χ4n) is 2.39. The summed E-state index contributed by atoms with van der Waals surface area (Å²) in [6, 6.07) is 10.00. The molecule has 1 aromatic carbocycles. The summed E-state index contributed by atoms with van der Waals surface area (Å²) in [6.45, 7) is 4.08. The van der Waals surface area contributed by atoms with Crippen LogP contribution in [-0.4, -0.2) is 18.2 Å². The first kappa shape index (κ1) is 15.1. The third-order valence-electron chi connectivity index (χ3n) is 3.61. The van der Waals surface area contributed by atoms with Gasteiger partial charge in [0.2, 0.25) is 0 Å². The molecule has 0 saturated heterocycles. The van der Waals surface area contributed by atoms with Crippen molar-refractivity contribution in [2.24, 2.45) is 0 Å². The van der Waals surface area contributed by atoms with Crippen LogP contribution >= 0.6 is 11.6 Å². The lowest BCUT2D eigenvalue weighted by atomic mass is 10.1. The van der Waals surface area contributed by atoms with E-state index in [4.69, 9.17) is 21.1 Å². The van der Waals surface area contributed by atoms with E-state index in [-0.39, 0.29) is 6.04 Å². The highest BCUT2D eigenvalue weighted by Gasteiger charge is 2.16. The van der Waals surface area contributed by atoms with Crippen LogP contribution in [0, 0.1) is 0 Å². The Morgan fingerprint density at radius 3 is 2.95 bits per heavy atom. The molecule has 116 valence electrons. The Labute approximate surface area is 135 Å². The van der Waals surface area contributed by atoms with E-state index in [1.807, 2.05) is 30.3 Å². The Balaban J connectivity index is 1.70. The minimum Gasteiger partial charge on any atom is -0.489 e. The highest BCUT2D eigenvalue weighted by atomic mass is 35.5. The first-order valence-corrected chi connectivity index (χ1v) is 7.84. The molecule has 1 aliphatic rings. The first-order valence-electron chi connectivity index (χ1n) is 7.46. The number of ether oxygens (including phenoxy) is 2. The number of benzene rings is 1. The third kappa shape index (κ3) is 3.51. The van der Waals surface area contributed by atoms with Gasteiger partial charge in [0, 0.05) is 25.2 Å². The van der Waals surface area contributed by atoms with Crippen molar-refractivity contribution in [3.63, 3.8) is 0 Å². The van der Waals surface area contributed by atoms with Gasteiger partial charge in [-0.15, -0.1) is 0 Å². The summed E-state index contributed by atoms with van der Waals surface area (Å²) < 4.78 is 11.4. The number of aromatic nitrogens is 1. The second-order valence-corrected chi connectivity index (χ2v) is 5.72. The number of pyridine rings is 1. The van der Waals surface area contributed by atoms with Crippen LogP contribution in [0.3, 0.4) is 0 Å². The summed E-state index contributed by atoms with van der Waals surface area (Å²) >= 11 is 6.31. The summed E-state index contributed by atoms with van der Waals surface area (Å²) in [5.41, 5.74) is 2.08. The van der Waals surface area contributed by atoms with Crippen molar-refractivity contribution >= 4 is 11.6 Å². The van der Waals surface area contributed by atoms with E-state index in [1.54, 1.807) is 6.20 Å². The molecule has 0 amide bonds. The van der Waals surface area contributed by atoms with E-state index in [2.05, 4.69) is 17.2 Å². The average Bonchev–Trinajstić information content (AvgIpc) is 2.79. The minimum absolute atomic E-state index is 0.163. The van der Waals surface area contributed by atoms with E-state index in [1.165, 1.54) is 0 Å². The van der Waals surface area contributed by atoms with Crippen LogP contribution < -0.4 is 14.8 Å². The van der Waals surface area contributed by atoms with E-state index in [0.29, 0.717) is 30.5 Å². The molecule has 0 bridgehead atoms. The standard InChI is InChI=1S/C17H19ClN2O2/c1-12(15-5-2-3-6-19-15)20-11-13-9-14(18)17-16(10-13)21-7-4-8-22-17/h2-3,5-6,9-10,12,20H,4,7-8,11H2,1H3/t12-/m0/s1. The molecule has 3 rings (SSSR count). The predicted octanol–water partition coefficient (Wildman–Crippen LogP) is 3.75. The van der Waals surface area contributed by atoms with Crippen LogP contribution in [0.4, 0.5) is 0 Å². The van der Waals surface area contributed by atoms with Crippen LogP contribution in [0.5, 0.6) is 11.5 Å². The van der Waals surface area contributed by atoms with Crippen LogP contribution in [0.1, 0.15) is 30.6 Å². The zero-order valence-corrected chi connectivity index (χ0v) is 13.3. The topological polar surface area (TPSA) is 43.4 Å². The molecule has 1 aliphatic heterocycles. The van der Waals surface area contributed by atoms with E-state index >= 15 is 0 Å². The van der Waals surface area contributed by atoms with Gasteiger partial charge in [-0.3, -0.25) is 4.98 Å². The van der Waals surface area contributed by atoms with E-state index < -0.39 is 0 Å². The van der Waals surface area contributed by atoms with Gasteiger partial charge in [-0.1, -0.05) is 17.7 Å². The SMILES string of the molecule is C[C@H](NCc1cc(Cl)c2c(c1)OCCCO2)c1ccccn1. The van der Waals surface area contributed by atoms with Gasteiger partial charge < -0.3 is 14.8 Å². The van der Waals surface area contributed by atoms with Crippen LogP contribution in [0.2, 0.25) is 5.02 Å². The maximum absolute atomic E-state index is 6.31. The number of halogens is 1. The zero-order valence-electron chi connectivity index (χ0n) is 12.5. The Kier molecular flexibility index (Phi) is 4.80. The van der Waals surface area contributed by atoms with Crippen molar-refractivity contribution in [2.75, 3.05) is 13.2 Å². The van der Waals surface area contributed by atoms with Crippen molar-refractivity contribution in [3.05, 3.63) is 52.8 Å². The Morgan fingerprint density at radius 1 is 1.27 bits per heavy atom. The fraction of sp³-hybridized carbons (Fsp3) is 0.353. The van der Waals surface area contributed by atoms with E-state index in [9.17, 15) is 0 Å². The van der Waals surface area contributed by atoms with Gasteiger partial charge in [-0.05, 0) is 36.8 Å². The molecule has 0 unspecified atom stereocenters. The quantitative estimate of drug-likeness (QED) is 0.932. The molecule has 2 aromatic rings. The Morgan fingerprint density at radius 2 is 2.14 bits per heavy atom. The monoisotopic (exact) mass is 318 g/mol. The predicted molar refractivity (Wildman–Crippen MR) is 86.6 cm³/mol. The molecule has 0 fully saturated rings. The lowest BCUT2D eigenvalue weighted by Gasteiger charge is -2.15. The molecule has 4 nitrogen and oxygen atoms in total. The molecular formula is C17H19ClN2O2. The van der Waals surface area contributed by atoms with Crippen LogP contribution in [-0.2, 0) is 6.54 Å². The number of hydrogen-bond donors (Lipinski definition) is 1. The van der Waals surface area contributed by atoms with Gasteiger partial charge in [0.1, 0.15) is 0 Å². The van der Waals surface area contributed by atoms with Crippen molar-refractivity contribution in [2.45, 2.75) is 25.9 Å². The first-order chi connectivity index (χ1) is 10.7.